The Labute approximate surface area is 126 Å². The Balaban J connectivity index is 2.26. The molecule has 0 aromatic heterocycles. The lowest BCUT2D eigenvalue weighted by atomic mass is 10.1. The standard InChI is InChI=1S/C15H22N2O3S/c1-10-11(15(18)16-2)6-4-7-12(10)17-13-8-5-9-14(13)21(3,19)20/h4,6-7,13-14,17H,5,8-9H2,1-3H3,(H,16,18). The van der Waals surface area contributed by atoms with Crippen molar-refractivity contribution < 1.29 is 13.2 Å². The predicted molar refractivity (Wildman–Crippen MR) is 84.5 cm³/mol. The van der Waals surface area contributed by atoms with E-state index in [2.05, 4.69) is 10.6 Å². The summed E-state index contributed by atoms with van der Waals surface area (Å²) in [4.78, 5) is 11.8. The van der Waals surface area contributed by atoms with Crippen molar-refractivity contribution in [2.45, 2.75) is 37.5 Å². The number of carbonyl (C=O) groups is 1. The van der Waals surface area contributed by atoms with Crippen LogP contribution in [0.4, 0.5) is 5.69 Å². The summed E-state index contributed by atoms with van der Waals surface area (Å²) in [5.74, 6) is -0.137. The summed E-state index contributed by atoms with van der Waals surface area (Å²) in [5.41, 5.74) is 2.28. The molecule has 0 radical (unpaired) electrons. The molecule has 1 aliphatic rings. The van der Waals surface area contributed by atoms with Crippen molar-refractivity contribution >= 4 is 21.4 Å². The van der Waals surface area contributed by atoms with Crippen LogP contribution in [0.15, 0.2) is 18.2 Å². The van der Waals surface area contributed by atoms with Gasteiger partial charge in [-0.2, -0.15) is 0 Å². The predicted octanol–water partition coefficient (Wildman–Crippen LogP) is 1.73. The van der Waals surface area contributed by atoms with Crippen molar-refractivity contribution in [2.75, 3.05) is 18.6 Å². The van der Waals surface area contributed by atoms with Crippen LogP contribution in [0.3, 0.4) is 0 Å². The molecule has 2 unspecified atom stereocenters. The molecule has 1 fully saturated rings. The third-order valence-electron chi connectivity index (χ3n) is 4.15. The van der Waals surface area contributed by atoms with Gasteiger partial charge in [-0.15, -0.1) is 0 Å². The highest BCUT2D eigenvalue weighted by atomic mass is 32.2. The van der Waals surface area contributed by atoms with E-state index in [9.17, 15) is 13.2 Å². The van der Waals surface area contributed by atoms with Gasteiger partial charge in [0.05, 0.1) is 5.25 Å². The highest BCUT2D eigenvalue weighted by Crippen LogP contribution is 2.29. The van der Waals surface area contributed by atoms with E-state index >= 15 is 0 Å². The number of nitrogens with one attached hydrogen (secondary N) is 2. The van der Waals surface area contributed by atoms with E-state index in [1.165, 1.54) is 6.26 Å². The van der Waals surface area contributed by atoms with Crippen molar-refractivity contribution in [2.24, 2.45) is 0 Å². The van der Waals surface area contributed by atoms with Gasteiger partial charge in [-0.3, -0.25) is 4.79 Å². The van der Waals surface area contributed by atoms with Crippen molar-refractivity contribution in [3.63, 3.8) is 0 Å². The summed E-state index contributed by atoms with van der Waals surface area (Å²) >= 11 is 0. The molecule has 1 amide bonds. The number of anilines is 1. The molecule has 116 valence electrons. The van der Waals surface area contributed by atoms with E-state index in [0.717, 1.165) is 24.1 Å². The normalized spacial score (nSPS) is 22.0. The Morgan fingerprint density at radius 2 is 2.00 bits per heavy atom. The average molecular weight is 310 g/mol. The molecule has 21 heavy (non-hydrogen) atoms. The van der Waals surface area contributed by atoms with Gasteiger partial charge in [0.15, 0.2) is 9.84 Å². The van der Waals surface area contributed by atoms with Crippen molar-refractivity contribution in [1.82, 2.24) is 5.32 Å². The smallest absolute Gasteiger partial charge is 0.251 e. The Kier molecular flexibility index (Phi) is 4.56. The first-order valence-corrected chi connectivity index (χ1v) is 9.07. The summed E-state index contributed by atoms with van der Waals surface area (Å²) < 4.78 is 23.7. The van der Waals surface area contributed by atoms with Crippen LogP contribution in [0.2, 0.25) is 0 Å². The second kappa shape index (κ2) is 6.05. The average Bonchev–Trinajstić information content (AvgIpc) is 2.88. The third kappa shape index (κ3) is 3.37. The molecular weight excluding hydrogens is 288 g/mol. The minimum Gasteiger partial charge on any atom is -0.381 e. The third-order valence-corrected chi connectivity index (χ3v) is 5.81. The lowest BCUT2D eigenvalue weighted by molar-refractivity contribution is 0.0962. The van der Waals surface area contributed by atoms with Gasteiger partial charge >= 0.3 is 0 Å². The summed E-state index contributed by atoms with van der Waals surface area (Å²) in [6.07, 6.45) is 3.74. The van der Waals surface area contributed by atoms with E-state index < -0.39 is 9.84 Å². The van der Waals surface area contributed by atoms with Crippen LogP contribution in [-0.4, -0.2) is 38.9 Å². The topological polar surface area (TPSA) is 75.3 Å². The van der Waals surface area contributed by atoms with Crippen LogP contribution in [-0.2, 0) is 9.84 Å². The molecular formula is C15H22N2O3S. The molecule has 5 nitrogen and oxygen atoms in total. The van der Waals surface area contributed by atoms with E-state index in [4.69, 9.17) is 0 Å². The fourth-order valence-electron chi connectivity index (χ4n) is 2.98. The molecule has 1 aromatic carbocycles. The number of hydrogen-bond acceptors (Lipinski definition) is 4. The maximum atomic E-state index is 11.8. The monoisotopic (exact) mass is 310 g/mol. The molecule has 1 aliphatic carbocycles. The Hall–Kier alpha value is -1.56. The lowest BCUT2D eigenvalue weighted by Crippen LogP contribution is -2.34. The van der Waals surface area contributed by atoms with Crippen LogP contribution < -0.4 is 10.6 Å². The maximum Gasteiger partial charge on any atom is 0.251 e. The zero-order chi connectivity index (χ0) is 15.6. The summed E-state index contributed by atoms with van der Waals surface area (Å²) in [5, 5.41) is 5.59. The van der Waals surface area contributed by atoms with Crippen molar-refractivity contribution in [1.29, 1.82) is 0 Å². The molecule has 0 bridgehead atoms. The number of benzene rings is 1. The Morgan fingerprint density at radius 3 is 2.62 bits per heavy atom. The quantitative estimate of drug-likeness (QED) is 0.888. The minimum absolute atomic E-state index is 0.0846. The van der Waals surface area contributed by atoms with Crippen molar-refractivity contribution in [3.8, 4) is 0 Å². The van der Waals surface area contributed by atoms with Crippen LogP contribution in [0, 0.1) is 6.92 Å². The van der Waals surface area contributed by atoms with Crippen LogP contribution in [0.1, 0.15) is 35.2 Å². The molecule has 2 N–H and O–H groups in total. The molecule has 0 saturated heterocycles. The summed E-state index contributed by atoms with van der Waals surface area (Å²) in [6.45, 7) is 1.87. The second-order valence-corrected chi connectivity index (χ2v) is 7.87. The Bertz CT molecular complexity index is 640. The first kappa shape index (κ1) is 15.8. The number of sulfone groups is 1. The van der Waals surface area contributed by atoms with Crippen molar-refractivity contribution in [3.05, 3.63) is 29.3 Å². The van der Waals surface area contributed by atoms with Gasteiger partial charge in [-0.05, 0) is 43.9 Å². The molecule has 2 rings (SSSR count). The first-order chi connectivity index (χ1) is 9.84. The number of amides is 1. The Morgan fingerprint density at radius 1 is 1.29 bits per heavy atom. The zero-order valence-corrected chi connectivity index (χ0v) is 13.5. The molecule has 2 atom stereocenters. The highest BCUT2D eigenvalue weighted by Gasteiger charge is 2.34. The van der Waals surface area contributed by atoms with Gasteiger partial charge in [0.25, 0.3) is 5.91 Å². The minimum atomic E-state index is -3.06. The summed E-state index contributed by atoms with van der Waals surface area (Å²) in [6, 6.07) is 5.38. The maximum absolute atomic E-state index is 11.8. The van der Waals surface area contributed by atoms with Gasteiger partial charge in [-0.25, -0.2) is 8.42 Å². The molecule has 0 aliphatic heterocycles. The van der Waals surface area contributed by atoms with Crippen LogP contribution in [0.5, 0.6) is 0 Å². The fraction of sp³-hybridized carbons (Fsp3) is 0.533. The number of carbonyl (C=O) groups excluding carboxylic acids is 1. The van der Waals surface area contributed by atoms with Gasteiger partial charge in [0, 0.05) is 30.6 Å². The zero-order valence-electron chi connectivity index (χ0n) is 12.6. The lowest BCUT2D eigenvalue weighted by Gasteiger charge is -2.22. The SMILES string of the molecule is CNC(=O)c1cccc(NC2CCCC2S(C)(=O)=O)c1C. The van der Waals surface area contributed by atoms with E-state index in [1.807, 2.05) is 19.1 Å². The van der Waals surface area contributed by atoms with E-state index in [1.54, 1.807) is 13.1 Å². The molecule has 1 saturated carbocycles. The summed E-state index contributed by atoms with van der Waals surface area (Å²) in [7, 11) is -1.46. The molecule has 0 spiro atoms. The van der Waals surface area contributed by atoms with Gasteiger partial charge in [0.2, 0.25) is 0 Å². The van der Waals surface area contributed by atoms with Crippen LogP contribution in [0.25, 0.3) is 0 Å². The van der Waals surface area contributed by atoms with Gasteiger partial charge in [0.1, 0.15) is 0 Å². The number of rotatable bonds is 4. The van der Waals surface area contributed by atoms with Gasteiger partial charge < -0.3 is 10.6 Å². The first-order valence-electron chi connectivity index (χ1n) is 7.11. The number of hydrogen-bond donors (Lipinski definition) is 2. The fourth-order valence-corrected chi connectivity index (χ4v) is 4.37. The molecule has 6 heteroatoms. The van der Waals surface area contributed by atoms with E-state index in [-0.39, 0.29) is 17.2 Å². The largest absolute Gasteiger partial charge is 0.381 e. The van der Waals surface area contributed by atoms with Crippen LogP contribution >= 0.6 is 0 Å². The molecule has 1 aromatic rings. The van der Waals surface area contributed by atoms with Gasteiger partial charge in [-0.1, -0.05) is 6.07 Å². The second-order valence-electron chi connectivity index (χ2n) is 5.61. The highest BCUT2D eigenvalue weighted by molar-refractivity contribution is 7.91. The molecule has 0 heterocycles. The van der Waals surface area contributed by atoms with E-state index in [0.29, 0.717) is 12.0 Å².